The molecule has 0 atom stereocenters. The Morgan fingerprint density at radius 3 is 2.61 bits per heavy atom. The van der Waals surface area contributed by atoms with E-state index in [0.29, 0.717) is 30.0 Å². The van der Waals surface area contributed by atoms with Crippen molar-refractivity contribution in [3.05, 3.63) is 48.5 Å². The van der Waals surface area contributed by atoms with E-state index in [1.807, 2.05) is 0 Å². The van der Waals surface area contributed by atoms with Crippen molar-refractivity contribution in [3.8, 4) is 5.75 Å². The summed E-state index contributed by atoms with van der Waals surface area (Å²) in [5, 5.41) is 0.522. The summed E-state index contributed by atoms with van der Waals surface area (Å²) in [6.45, 7) is 0. The number of ketones is 1. The molecule has 0 fully saturated rings. The highest BCUT2D eigenvalue weighted by Crippen LogP contribution is 2.34. The van der Waals surface area contributed by atoms with Crippen LogP contribution < -0.4 is 4.74 Å². The average Bonchev–Trinajstić information content (AvgIpc) is 2.68. The van der Waals surface area contributed by atoms with Crippen LogP contribution in [0, 0.1) is 0 Å². The summed E-state index contributed by atoms with van der Waals surface area (Å²) in [5.41, 5.74) is 0.465. The second-order valence-corrected chi connectivity index (χ2v) is 6.35. The predicted molar refractivity (Wildman–Crippen MR) is 78.5 cm³/mol. The van der Waals surface area contributed by atoms with Crippen LogP contribution in [0.5, 0.6) is 5.75 Å². The fourth-order valence-electron chi connectivity index (χ4n) is 1.44. The van der Waals surface area contributed by atoms with Gasteiger partial charge in [0.2, 0.25) is 5.78 Å². The van der Waals surface area contributed by atoms with Crippen molar-refractivity contribution in [2.75, 3.05) is 7.11 Å². The molecule has 0 bridgehead atoms. The molecule has 0 saturated carbocycles. The first-order valence-corrected chi connectivity index (χ1v) is 7.22. The quantitative estimate of drug-likeness (QED) is 0.711. The molecule has 94 valence electrons. The average molecular weight is 366 g/mol. The van der Waals surface area contributed by atoms with E-state index in [-0.39, 0.29) is 5.78 Å². The van der Waals surface area contributed by atoms with Crippen LogP contribution in [0.15, 0.2) is 28.7 Å². The molecule has 0 unspecified atom stereocenters. The lowest BCUT2D eigenvalue weighted by molar-refractivity contribution is 0.103. The number of thiophene rings is 1. The van der Waals surface area contributed by atoms with E-state index >= 15 is 0 Å². The number of methoxy groups -OCH3 is 1. The Balaban J connectivity index is 2.45. The van der Waals surface area contributed by atoms with Crippen molar-refractivity contribution < 1.29 is 9.53 Å². The number of carbonyl (C=O) groups excluding carboxylic acids is 1. The minimum atomic E-state index is -0.138. The van der Waals surface area contributed by atoms with Crippen LogP contribution in [0.4, 0.5) is 0 Å². The summed E-state index contributed by atoms with van der Waals surface area (Å²) >= 11 is 16.3. The number of carbonyl (C=O) groups is 1. The second kappa shape index (κ2) is 5.61. The molecule has 0 amide bonds. The third kappa shape index (κ3) is 2.72. The van der Waals surface area contributed by atoms with Gasteiger partial charge in [-0.1, -0.05) is 23.2 Å². The number of ether oxygens (including phenoxy) is 1. The van der Waals surface area contributed by atoms with Crippen LogP contribution in [0.2, 0.25) is 9.36 Å². The molecule has 0 N–H and O–H groups in total. The van der Waals surface area contributed by atoms with Gasteiger partial charge in [0, 0.05) is 9.50 Å². The van der Waals surface area contributed by atoms with E-state index in [0.717, 1.165) is 0 Å². The van der Waals surface area contributed by atoms with Crippen molar-refractivity contribution in [2.24, 2.45) is 0 Å². The van der Waals surface area contributed by atoms with Crippen LogP contribution in [0.3, 0.4) is 0 Å². The topological polar surface area (TPSA) is 26.3 Å². The molecule has 0 aliphatic carbocycles. The molecule has 2 rings (SSSR count). The van der Waals surface area contributed by atoms with E-state index < -0.39 is 0 Å². The minimum absolute atomic E-state index is 0.138. The van der Waals surface area contributed by atoms with E-state index in [2.05, 4.69) is 15.9 Å². The van der Waals surface area contributed by atoms with Crippen LogP contribution >= 0.6 is 50.5 Å². The van der Waals surface area contributed by atoms with Crippen molar-refractivity contribution >= 4 is 56.3 Å². The zero-order valence-corrected chi connectivity index (χ0v) is 13.1. The Morgan fingerprint density at radius 1 is 1.33 bits per heavy atom. The molecule has 1 aromatic heterocycles. The van der Waals surface area contributed by atoms with Crippen molar-refractivity contribution in [3.63, 3.8) is 0 Å². The van der Waals surface area contributed by atoms with E-state index in [1.54, 1.807) is 24.3 Å². The maximum Gasteiger partial charge on any atom is 0.206 e. The Morgan fingerprint density at radius 2 is 2.06 bits per heavy atom. The molecular weight excluding hydrogens is 359 g/mol. The highest BCUT2D eigenvalue weighted by molar-refractivity contribution is 9.10. The Kier molecular flexibility index (Phi) is 4.33. The number of halogens is 3. The van der Waals surface area contributed by atoms with Gasteiger partial charge in [0.05, 0.1) is 17.6 Å². The van der Waals surface area contributed by atoms with Gasteiger partial charge in [-0.3, -0.25) is 4.79 Å². The lowest BCUT2D eigenvalue weighted by atomic mass is 10.1. The summed E-state index contributed by atoms with van der Waals surface area (Å²) in [6, 6.07) is 6.61. The Hall–Kier alpha value is -0.550. The first-order chi connectivity index (χ1) is 8.52. The van der Waals surface area contributed by atoms with Gasteiger partial charge in [0.1, 0.15) is 10.1 Å². The molecule has 0 aliphatic heterocycles. The summed E-state index contributed by atoms with van der Waals surface area (Å²) in [5.74, 6) is 0.314. The normalized spacial score (nSPS) is 10.4. The van der Waals surface area contributed by atoms with Crippen LogP contribution in [0.25, 0.3) is 0 Å². The van der Waals surface area contributed by atoms with Gasteiger partial charge in [-0.15, -0.1) is 11.3 Å². The molecule has 0 aliphatic rings. The fraction of sp³-hybridized carbons (Fsp3) is 0.0833. The maximum absolute atomic E-state index is 12.3. The highest BCUT2D eigenvalue weighted by atomic mass is 79.9. The van der Waals surface area contributed by atoms with Gasteiger partial charge in [-0.25, -0.2) is 0 Å². The monoisotopic (exact) mass is 364 g/mol. The SMILES string of the molecule is COc1cc(Cl)ccc1C(=O)c1cc(Br)c(Cl)s1. The fourth-order valence-corrected chi connectivity index (χ4v) is 3.26. The van der Waals surface area contributed by atoms with Crippen molar-refractivity contribution in [2.45, 2.75) is 0 Å². The van der Waals surface area contributed by atoms with Gasteiger partial charge in [-0.05, 0) is 40.2 Å². The Bertz CT molecular complexity index is 591. The minimum Gasteiger partial charge on any atom is -0.496 e. The van der Waals surface area contributed by atoms with Gasteiger partial charge in [0.25, 0.3) is 0 Å². The summed E-state index contributed by atoms with van der Waals surface area (Å²) in [6.07, 6.45) is 0. The second-order valence-electron chi connectivity index (χ2n) is 3.41. The van der Waals surface area contributed by atoms with Crippen LogP contribution in [-0.2, 0) is 0 Å². The number of rotatable bonds is 3. The van der Waals surface area contributed by atoms with Gasteiger partial charge in [0.15, 0.2) is 0 Å². The van der Waals surface area contributed by atoms with Gasteiger partial charge in [-0.2, -0.15) is 0 Å². The lowest BCUT2D eigenvalue weighted by Crippen LogP contribution is -2.01. The van der Waals surface area contributed by atoms with E-state index in [4.69, 9.17) is 27.9 Å². The lowest BCUT2D eigenvalue weighted by Gasteiger charge is -2.06. The molecule has 2 aromatic rings. The molecule has 6 heteroatoms. The predicted octanol–water partition coefficient (Wildman–Crippen LogP) is 5.06. The van der Waals surface area contributed by atoms with Crippen molar-refractivity contribution in [1.82, 2.24) is 0 Å². The molecule has 1 aromatic carbocycles. The third-order valence-electron chi connectivity index (χ3n) is 2.28. The zero-order valence-electron chi connectivity index (χ0n) is 9.17. The summed E-state index contributed by atoms with van der Waals surface area (Å²) < 4.78 is 6.42. The summed E-state index contributed by atoms with van der Waals surface area (Å²) in [4.78, 5) is 12.9. The number of hydrogen-bond acceptors (Lipinski definition) is 3. The third-order valence-corrected chi connectivity index (χ3v) is 4.99. The molecule has 18 heavy (non-hydrogen) atoms. The molecule has 0 radical (unpaired) electrons. The highest BCUT2D eigenvalue weighted by Gasteiger charge is 2.18. The molecule has 0 spiro atoms. The molecule has 0 saturated heterocycles. The number of benzene rings is 1. The first kappa shape index (κ1) is 13.9. The largest absolute Gasteiger partial charge is 0.496 e. The molecular formula is C12H7BrCl2O2S. The van der Waals surface area contributed by atoms with Crippen molar-refractivity contribution in [1.29, 1.82) is 0 Å². The number of hydrogen-bond donors (Lipinski definition) is 0. The molecule has 2 nitrogen and oxygen atoms in total. The van der Waals surface area contributed by atoms with Gasteiger partial charge < -0.3 is 4.74 Å². The zero-order chi connectivity index (χ0) is 13.3. The standard InChI is InChI=1S/C12H7BrCl2O2S/c1-17-9-4-6(14)2-3-7(9)11(16)10-5-8(13)12(15)18-10/h2-5H,1H3. The van der Waals surface area contributed by atoms with Crippen LogP contribution in [-0.4, -0.2) is 12.9 Å². The summed E-state index contributed by atoms with van der Waals surface area (Å²) in [7, 11) is 1.50. The first-order valence-electron chi connectivity index (χ1n) is 4.86. The van der Waals surface area contributed by atoms with E-state index in [1.165, 1.54) is 18.4 Å². The van der Waals surface area contributed by atoms with Crippen LogP contribution in [0.1, 0.15) is 15.2 Å². The maximum atomic E-state index is 12.3. The smallest absolute Gasteiger partial charge is 0.206 e. The van der Waals surface area contributed by atoms with E-state index in [9.17, 15) is 4.79 Å². The van der Waals surface area contributed by atoms with Gasteiger partial charge >= 0.3 is 0 Å². The molecule has 1 heterocycles. The Labute approximate surface area is 127 Å².